The molecule has 23 heavy (non-hydrogen) atoms. The monoisotopic (exact) mass is 338 g/mol. The normalized spacial score (nSPS) is 16.3. The van der Waals surface area contributed by atoms with Crippen molar-refractivity contribution in [2.24, 2.45) is 5.92 Å². The van der Waals surface area contributed by atoms with E-state index in [0.29, 0.717) is 19.0 Å². The van der Waals surface area contributed by atoms with Crippen LogP contribution in [0.25, 0.3) is 0 Å². The van der Waals surface area contributed by atoms with Crippen molar-refractivity contribution in [2.45, 2.75) is 39.2 Å². The summed E-state index contributed by atoms with van der Waals surface area (Å²) in [6.45, 7) is 7.76. The number of amides is 2. The summed E-state index contributed by atoms with van der Waals surface area (Å²) in [5.41, 5.74) is -0.457. The average Bonchev–Trinajstić information content (AvgIpc) is 2.99. The van der Waals surface area contributed by atoms with Gasteiger partial charge >= 0.3 is 6.09 Å². The fourth-order valence-corrected chi connectivity index (χ4v) is 3.40. The maximum absolute atomic E-state index is 12.3. The van der Waals surface area contributed by atoms with Crippen LogP contribution in [0.2, 0.25) is 0 Å². The molecule has 0 spiro atoms. The Morgan fingerprint density at radius 2 is 2.00 bits per heavy atom. The van der Waals surface area contributed by atoms with Gasteiger partial charge in [0, 0.05) is 26.7 Å². The van der Waals surface area contributed by atoms with Gasteiger partial charge in [-0.15, -0.1) is 11.3 Å². The molecule has 128 valence electrons. The van der Waals surface area contributed by atoms with Gasteiger partial charge in [0.05, 0.1) is 4.88 Å². The highest BCUT2D eigenvalue weighted by atomic mass is 32.1. The number of hydrogen-bond donors (Lipinski definition) is 0. The highest BCUT2D eigenvalue weighted by molar-refractivity contribution is 7.12. The number of likely N-dealkylation sites (tertiary alicyclic amines) is 1. The number of piperidine rings is 1. The van der Waals surface area contributed by atoms with Crippen LogP contribution in [0.1, 0.15) is 43.3 Å². The van der Waals surface area contributed by atoms with Crippen molar-refractivity contribution in [3.05, 3.63) is 22.4 Å². The maximum Gasteiger partial charge on any atom is 0.410 e. The molecule has 2 heterocycles. The van der Waals surface area contributed by atoms with Gasteiger partial charge in [-0.05, 0) is 51.0 Å². The molecule has 0 aliphatic carbocycles. The number of ether oxygens (including phenoxy) is 1. The second-order valence-corrected chi connectivity index (χ2v) is 8.02. The van der Waals surface area contributed by atoms with Crippen molar-refractivity contribution < 1.29 is 14.3 Å². The molecule has 0 saturated carbocycles. The van der Waals surface area contributed by atoms with E-state index in [0.717, 1.165) is 24.3 Å². The Morgan fingerprint density at radius 3 is 2.52 bits per heavy atom. The van der Waals surface area contributed by atoms with E-state index in [1.807, 2.05) is 45.3 Å². The summed E-state index contributed by atoms with van der Waals surface area (Å²) in [5.74, 6) is 0.511. The van der Waals surface area contributed by atoms with Crippen LogP contribution in [0.15, 0.2) is 17.5 Å². The number of rotatable bonds is 3. The van der Waals surface area contributed by atoms with Gasteiger partial charge in [0.2, 0.25) is 0 Å². The van der Waals surface area contributed by atoms with Gasteiger partial charge < -0.3 is 14.5 Å². The molecule has 1 aromatic heterocycles. The third-order valence-electron chi connectivity index (χ3n) is 3.88. The summed E-state index contributed by atoms with van der Waals surface area (Å²) < 4.78 is 5.40. The number of carbonyl (C=O) groups is 2. The van der Waals surface area contributed by atoms with E-state index in [9.17, 15) is 9.59 Å². The third kappa shape index (κ3) is 5.23. The van der Waals surface area contributed by atoms with Crippen LogP contribution in [-0.4, -0.2) is 54.1 Å². The van der Waals surface area contributed by atoms with E-state index in [1.165, 1.54) is 11.3 Å². The summed E-state index contributed by atoms with van der Waals surface area (Å²) in [5, 5.41) is 1.92. The summed E-state index contributed by atoms with van der Waals surface area (Å²) in [7, 11) is 1.85. The van der Waals surface area contributed by atoms with Crippen molar-refractivity contribution >= 4 is 23.3 Å². The molecule has 1 aromatic rings. The number of hydrogen-bond acceptors (Lipinski definition) is 4. The van der Waals surface area contributed by atoms with Crippen LogP contribution in [0.5, 0.6) is 0 Å². The number of carbonyl (C=O) groups excluding carboxylic acids is 2. The zero-order chi connectivity index (χ0) is 17.0. The lowest BCUT2D eigenvalue weighted by Crippen LogP contribution is -2.44. The first-order valence-electron chi connectivity index (χ1n) is 8.03. The minimum Gasteiger partial charge on any atom is -0.444 e. The van der Waals surface area contributed by atoms with E-state index < -0.39 is 5.60 Å². The summed E-state index contributed by atoms with van der Waals surface area (Å²) >= 11 is 1.47. The summed E-state index contributed by atoms with van der Waals surface area (Å²) in [4.78, 5) is 28.6. The topological polar surface area (TPSA) is 49.9 Å². The zero-order valence-corrected chi connectivity index (χ0v) is 15.2. The van der Waals surface area contributed by atoms with Gasteiger partial charge in [-0.1, -0.05) is 6.07 Å². The van der Waals surface area contributed by atoms with E-state index in [4.69, 9.17) is 4.74 Å². The lowest BCUT2D eigenvalue weighted by Gasteiger charge is -2.34. The lowest BCUT2D eigenvalue weighted by atomic mass is 9.96. The molecule has 1 saturated heterocycles. The van der Waals surface area contributed by atoms with Gasteiger partial charge in [-0.25, -0.2) is 4.79 Å². The molecule has 2 amide bonds. The molecule has 2 rings (SSSR count). The molecule has 1 aliphatic heterocycles. The molecule has 0 atom stereocenters. The van der Waals surface area contributed by atoms with Crippen molar-refractivity contribution in [1.29, 1.82) is 0 Å². The minimum atomic E-state index is -0.457. The fraction of sp³-hybridized carbons (Fsp3) is 0.647. The van der Waals surface area contributed by atoms with E-state index in [-0.39, 0.29) is 12.0 Å². The van der Waals surface area contributed by atoms with Crippen LogP contribution in [0, 0.1) is 5.92 Å². The summed E-state index contributed by atoms with van der Waals surface area (Å²) in [6, 6.07) is 3.75. The minimum absolute atomic E-state index is 0.0783. The smallest absolute Gasteiger partial charge is 0.410 e. The Labute approximate surface area is 142 Å². The average molecular weight is 338 g/mol. The van der Waals surface area contributed by atoms with Crippen LogP contribution in [-0.2, 0) is 4.74 Å². The Hall–Kier alpha value is -1.56. The Balaban J connectivity index is 1.78. The number of thiophene rings is 1. The molecular weight excluding hydrogens is 312 g/mol. The predicted molar refractivity (Wildman–Crippen MR) is 91.8 cm³/mol. The third-order valence-corrected chi connectivity index (χ3v) is 4.73. The predicted octanol–water partition coefficient (Wildman–Crippen LogP) is 3.47. The molecule has 1 fully saturated rings. The van der Waals surface area contributed by atoms with Crippen LogP contribution >= 0.6 is 11.3 Å². The van der Waals surface area contributed by atoms with Crippen molar-refractivity contribution in [3.8, 4) is 0 Å². The molecule has 0 aromatic carbocycles. The van der Waals surface area contributed by atoms with E-state index in [1.54, 1.807) is 9.80 Å². The van der Waals surface area contributed by atoms with Gasteiger partial charge in [-0.2, -0.15) is 0 Å². The molecule has 0 radical (unpaired) electrons. The zero-order valence-electron chi connectivity index (χ0n) is 14.4. The van der Waals surface area contributed by atoms with Crippen molar-refractivity contribution in [3.63, 3.8) is 0 Å². The largest absolute Gasteiger partial charge is 0.444 e. The van der Waals surface area contributed by atoms with Crippen LogP contribution < -0.4 is 0 Å². The quantitative estimate of drug-likeness (QED) is 0.848. The van der Waals surface area contributed by atoms with Crippen LogP contribution in [0.4, 0.5) is 4.79 Å². The molecule has 5 nitrogen and oxygen atoms in total. The van der Waals surface area contributed by atoms with Gasteiger partial charge in [-0.3, -0.25) is 4.79 Å². The van der Waals surface area contributed by atoms with Crippen molar-refractivity contribution in [2.75, 3.05) is 26.7 Å². The molecule has 0 bridgehead atoms. The first kappa shape index (κ1) is 17.8. The summed E-state index contributed by atoms with van der Waals surface area (Å²) in [6.07, 6.45) is 1.57. The van der Waals surface area contributed by atoms with E-state index >= 15 is 0 Å². The number of nitrogens with zero attached hydrogens (tertiary/aromatic N) is 2. The second-order valence-electron chi connectivity index (χ2n) is 7.07. The SMILES string of the molecule is CN(CC1CCN(C(=O)OC(C)(C)C)CC1)C(=O)c1cccs1. The lowest BCUT2D eigenvalue weighted by molar-refractivity contribution is 0.0171. The first-order valence-corrected chi connectivity index (χ1v) is 8.91. The Morgan fingerprint density at radius 1 is 1.35 bits per heavy atom. The van der Waals surface area contributed by atoms with E-state index in [2.05, 4.69) is 0 Å². The van der Waals surface area contributed by atoms with Crippen molar-refractivity contribution in [1.82, 2.24) is 9.80 Å². The second kappa shape index (κ2) is 7.34. The van der Waals surface area contributed by atoms with Gasteiger partial charge in [0.1, 0.15) is 5.60 Å². The first-order chi connectivity index (χ1) is 10.8. The fourth-order valence-electron chi connectivity index (χ4n) is 2.68. The molecule has 0 unspecified atom stereocenters. The van der Waals surface area contributed by atoms with Gasteiger partial charge in [0.15, 0.2) is 0 Å². The standard InChI is InChI=1S/C17H26N2O3S/c1-17(2,3)22-16(21)19-9-7-13(8-10-19)12-18(4)15(20)14-6-5-11-23-14/h5-6,11,13H,7-10,12H2,1-4H3. The molecule has 1 aliphatic rings. The Bertz CT molecular complexity index is 529. The molecular formula is C17H26N2O3S. The maximum atomic E-state index is 12.3. The van der Waals surface area contributed by atoms with Gasteiger partial charge in [0.25, 0.3) is 5.91 Å². The highest BCUT2D eigenvalue weighted by Gasteiger charge is 2.28. The molecule has 0 N–H and O–H groups in total. The highest BCUT2D eigenvalue weighted by Crippen LogP contribution is 2.21. The Kier molecular flexibility index (Phi) is 5.68. The molecule has 6 heteroatoms. The van der Waals surface area contributed by atoms with Crippen LogP contribution in [0.3, 0.4) is 0 Å².